The number of nitrogens with two attached hydrogens (primary N) is 1. The van der Waals surface area contributed by atoms with E-state index in [2.05, 4.69) is 37.2 Å². The maximum absolute atomic E-state index is 6.10. The number of halogens is 3. The molecule has 1 heterocycles. The highest BCUT2D eigenvalue weighted by atomic mass is 79.9. The van der Waals surface area contributed by atoms with E-state index in [4.69, 9.17) is 21.8 Å². The molecule has 0 aliphatic heterocycles. The molecule has 0 bridgehead atoms. The molecule has 0 saturated carbocycles. The Kier molecular flexibility index (Phi) is 4.72. The molecule has 1 aromatic carbocycles. The first-order chi connectivity index (χ1) is 8.61. The number of nitrogens with one attached hydrogen (secondary N) is 1. The maximum atomic E-state index is 6.10. The predicted molar refractivity (Wildman–Crippen MR) is 81.0 cm³/mol. The quantitative estimate of drug-likeness (QED) is 0.799. The summed E-state index contributed by atoms with van der Waals surface area (Å²) < 4.78 is 7.07. The van der Waals surface area contributed by atoms with Crippen molar-refractivity contribution in [3.05, 3.63) is 50.3 Å². The average molecular weight is 394 g/mol. The Labute approximate surface area is 127 Å². The van der Waals surface area contributed by atoms with Crippen LogP contribution in [0, 0.1) is 0 Å². The highest BCUT2D eigenvalue weighted by Gasteiger charge is 2.17. The molecule has 1 aromatic heterocycles. The molecule has 1 atom stereocenters. The molecule has 0 radical (unpaired) electrons. The zero-order chi connectivity index (χ0) is 13.1. The molecule has 1 unspecified atom stereocenters. The van der Waals surface area contributed by atoms with E-state index in [-0.39, 0.29) is 6.04 Å². The van der Waals surface area contributed by atoms with Crippen molar-refractivity contribution in [1.29, 1.82) is 0 Å². The van der Waals surface area contributed by atoms with Gasteiger partial charge in [-0.05, 0) is 50.1 Å². The Morgan fingerprint density at radius 3 is 2.61 bits per heavy atom. The summed E-state index contributed by atoms with van der Waals surface area (Å²) in [6.07, 6.45) is 0. The molecule has 2 rings (SSSR count). The van der Waals surface area contributed by atoms with Crippen LogP contribution in [0.2, 0.25) is 5.02 Å². The second-order valence-electron chi connectivity index (χ2n) is 3.68. The van der Waals surface area contributed by atoms with Crippen LogP contribution in [-0.2, 0) is 0 Å². The van der Waals surface area contributed by atoms with Gasteiger partial charge in [0.15, 0.2) is 4.67 Å². The van der Waals surface area contributed by atoms with Gasteiger partial charge in [0, 0.05) is 6.54 Å². The SMILES string of the molecule is NCC(Nc1ccccc1Cl)c1cc(Br)c(Br)o1. The lowest BCUT2D eigenvalue weighted by Gasteiger charge is -2.16. The summed E-state index contributed by atoms with van der Waals surface area (Å²) in [5, 5.41) is 3.91. The van der Waals surface area contributed by atoms with Gasteiger partial charge in [-0.3, -0.25) is 0 Å². The summed E-state index contributed by atoms with van der Waals surface area (Å²) in [5.74, 6) is 0.746. The fraction of sp³-hybridized carbons (Fsp3) is 0.167. The minimum absolute atomic E-state index is 0.132. The lowest BCUT2D eigenvalue weighted by molar-refractivity contribution is 0.462. The van der Waals surface area contributed by atoms with Crippen molar-refractivity contribution in [3.63, 3.8) is 0 Å². The van der Waals surface area contributed by atoms with Gasteiger partial charge in [-0.15, -0.1) is 0 Å². The second kappa shape index (κ2) is 6.10. The van der Waals surface area contributed by atoms with Crippen molar-refractivity contribution < 1.29 is 4.42 Å². The Morgan fingerprint density at radius 2 is 2.06 bits per heavy atom. The molecule has 18 heavy (non-hydrogen) atoms. The van der Waals surface area contributed by atoms with E-state index in [1.54, 1.807) is 0 Å². The van der Waals surface area contributed by atoms with Gasteiger partial charge in [-0.1, -0.05) is 23.7 Å². The first-order valence-electron chi connectivity index (χ1n) is 5.27. The van der Waals surface area contributed by atoms with E-state index in [0.29, 0.717) is 16.2 Å². The molecule has 0 aliphatic rings. The summed E-state index contributed by atoms with van der Waals surface area (Å²) in [7, 11) is 0. The Hall–Kier alpha value is -0.490. The van der Waals surface area contributed by atoms with E-state index in [1.807, 2.05) is 30.3 Å². The van der Waals surface area contributed by atoms with Crippen LogP contribution < -0.4 is 11.1 Å². The van der Waals surface area contributed by atoms with Crippen LogP contribution >= 0.6 is 43.5 Å². The van der Waals surface area contributed by atoms with Gasteiger partial charge in [-0.25, -0.2) is 0 Å². The molecular weight excluding hydrogens is 383 g/mol. The largest absolute Gasteiger partial charge is 0.451 e. The van der Waals surface area contributed by atoms with Crippen molar-refractivity contribution >= 4 is 49.1 Å². The van der Waals surface area contributed by atoms with E-state index >= 15 is 0 Å². The van der Waals surface area contributed by atoms with Crippen molar-refractivity contribution in [2.45, 2.75) is 6.04 Å². The van der Waals surface area contributed by atoms with E-state index in [0.717, 1.165) is 15.9 Å². The van der Waals surface area contributed by atoms with Crippen LogP contribution in [-0.4, -0.2) is 6.54 Å². The second-order valence-corrected chi connectivity index (χ2v) is 5.66. The van der Waals surface area contributed by atoms with E-state index in [1.165, 1.54) is 0 Å². The van der Waals surface area contributed by atoms with Gasteiger partial charge < -0.3 is 15.5 Å². The molecule has 96 valence electrons. The number of hydrogen-bond donors (Lipinski definition) is 2. The standard InChI is InChI=1S/C12H11Br2ClN2O/c13-7-5-11(18-12(7)14)10(6-16)17-9-4-2-1-3-8(9)15/h1-5,10,17H,6,16H2. The molecule has 6 heteroatoms. The lowest BCUT2D eigenvalue weighted by Crippen LogP contribution is -2.20. The molecule has 0 spiro atoms. The molecule has 0 amide bonds. The van der Waals surface area contributed by atoms with Crippen LogP contribution in [0.3, 0.4) is 0 Å². The van der Waals surface area contributed by atoms with Gasteiger partial charge in [0.25, 0.3) is 0 Å². The summed E-state index contributed by atoms with van der Waals surface area (Å²) in [6, 6.07) is 9.27. The highest BCUT2D eigenvalue weighted by molar-refractivity contribution is 9.13. The Balaban J connectivity index is 2.22. The minimum Gasteiger partial charge on any atom is -0.451 e. The van der Waals surface area contributed by atoms with Crippen LogP contribution in [0.5, 0.6) is 0 Å². The number of anilines is 1. The number of furan rings is 1. The van der Waals surface area contributed by atoms with Crippen molar-refractivity contribution in [2.24, 2.45) is 5.73 Å². The number of benzene rings is 1. The molecular formula is C12H11Br2ClN2O. The summed E-state index contributed by atoms with van der Waals surface area (Å²) in [4.78, 5) is 0. The van der Waals surface area contributed by atoms with Crippen LogP contribution in [0.4, 0.5) is 5.69 Å². The van der Waals surface area contributed by atoms with Gasteiger partial charge in [0.1, 0.15) is 5.76 Å². The van der Waals surface area contributed by atoms with Gasteiger partial charge >= 0.3 is 0 Å². The normalized spacial score (nSPS) is 12.4. The third-order valence-corrected chi connectivity index (χ3v) is 4.49. The minimum atomic E-state index is -0.132. The van der Waals surface area contributed by atoms with Crippen LogP contribution in [0.1, 0.15) is 11.8 Å². The molecule has 3 nitrogen and oxygen atoms in total. The monoisotopic (exact) mass is 392 g/mol. The average Bonchev–Trinajstić information content (AvgIpc) is 2.68. The smallest absolute Gasteiger partial charge is 0.183 e. The zero-order valence-electron chi connectivity index (χ0n) is 9.29. The van der Waals surface area contributed by atoms with Crippen LogP contribution in [0.15, 0.2) is 43.9 Å². The van der Waals surface area contributed by atoms with Crippen LogP contribution in [0.25, 0.3) is 0 Å². The van der Waals surface area contributed by atoms with Crippen molar-refractivity contribution in [2.75, 3.05) is 11.9 Å². The van der Waals surface area contributed by atoms with E-state index in [9.17, 15) is 0 Å². The Bertz CT molecular complexity index is 525. The summed E-state index contributed by atoms with van der Waals surface area (Å²) in [6.45, 7) is 0.400. The van der Waals surface area contributed by atoms with Gasteiger partial charge in [0.05, 0.1) is 21.2 Å². The molecule has 0 aliphatic carbocycles. The van der Waals surface area contributed by atoms with Gasteiger partial charge in [-0.2, -0.15) is 0 Å². The fourth-order valence-corrected chi connectivity index (χ4v) is 2.35. The number of para-hydroxylation sites is 1. The predicted octanol–water partition coefficient (Wildman–Crippen LogP) is 4.57. The molecule has 0 saturated heterocycles. The third-order valence-electron chi connectivity index (χ3n) is 2.45. The molecule has 3 N–H and O–H groups in total. The highest BCUT2D eigenvalue weighted by Crippen LogP contribution is 2.32. The number of rotatable bonds is 4. The topological polar surface area (TPSA) is 51.2 Å². The maximum Gasteiger partial charge on any atom is 0.183 e. The fourth-order valence-electron chi connectivity index (χ4n) is 1.55. The summed E-state index contributed by atoms with van der Waals surface area (Å²) >= 11 is 12.8. The Morgan fingerprint density at radius 1 is 1.33 bits per heavy atom. The zero-order valence-corrected chi connectivity index (χ0v) is 13.2. The van der Waals surface area contributed by atoms with E-state index < -0.39 is 0 Å². The first kappa shape index (κ1) is 13.9. The van der Waals surface area contributed by atoms with Gasteiger partial charge in [0.2, 0.25) is 0 Å². The molecule has 0 fully saturated rings. The number of hydrogen-bond acceptors (Lipinski definition) is 3. The first-order valence-corrected chi connectivity index (χ1v) is 7.24. The van der Waals surface area contributed by atoms with Crippen molar-refractivity contribution in [1.82, 2.24) is 0 Å². The lowest BCUT2D eigenvalue weighted by atomic mass is 10.2. The summed E-state index contributed by atoms with van der Waals surface area (Å²) in [5.41, 5.74) is 6.60. The molecule has 2 aromatic rings. The third kappa shape index (κ3) is 3.09. The van der Waals surface area contributed by atoms with Crippen molar-refractivity contribution in [3.8, 4) is 0 Å².